The smallest absolute Gasteiger partial charge is 0.179 e. The maximum Gasteiger partial charge on any atom is 0.179 e. The fraction of sp³-hybridized carbons (Fsp3) is 0.455. The summed E-state index contributed by atoms with van der Waals surface area (Å²) in [4.78, 5) is 0. The molecule has 0 radical (unpaired) electrons. The Morgan fingerprint density at radius 1 is 1.38 bits per heavy atom. The lowest BCUT2D eigenvalue weighted by Gasteiger charge is -2.13. The minimum Gasteiger partial charge on any atom is -0.489 e. The first kappa shape index (κ1) is 11.5. The van der Waals surface area contributed by atoms with Gasteiger partial charge in [0.05, 0.1) is 18.2 Å². The highest BCUT2D eigenvalue weighted by molar-refractivity contribution is 6.32. The molecule has 0 amide bonds. The Hall–Kier alpha value is -1.00. The minimum absolute atomic E-state index is 0.335. The van der Waals surface area contributed by atoms with Gasteiger partial charge in [0.15, 0.2) is 11.5 Å². The second-order valence-corrected chi connectivity index (χ2v) is 3.96. The van der Waals surface area contributed by atoms with Crippen LogP contribution in [0.3, 0.4) is 0 Å². The molecule has 1 aliphatic heterocycles. The number of hydrogen-bond donors (Lipinski definition) is 1. The van der Waals surface area contributed by atoms with Crippen LogP contribution >= 0.6 is 11.6 Å². The van der Waals surface area contributed by atoms with Gasteiger partial charge < -0.3 is 14.6 Å². The van der Waals surface area contributed by atoms with E-state index < -0.39 is 12.8 Å². The monoisotopic (exact) mass is 246 g/mol. The summed E-state index contributed by atoms with van der Waals surface area (Å²) in [7, 11) is 0. The summed E-state index contributed by atoms with van der Waals surface area (Å²) in [5.74, 6) is 0.932. The van der Waals surface area contributed by atoms with Gasteiger partial charge in [-0.05, 0) is 17.7 Å². The number of ether oxygens (including phenoxy) is 2. The van der Waals surface area contributed by atoms with E-state index >= 15 is 0 Å². The molecule has 0 saturated carbocycles. The summed E-state index contributed by atoms with van der Waals surface area (Å²) in [5.41, 5.74) is 0.400. The molecule has 88 valence electrons. The van der Waals surface area contributed by atoms with E-state index in [0.717, 1.165) is 6.42 Å². The molecular weight excluding hydrogens is 235 g/mol. The lowest BCUT2D eigenvalue weighted by molar-refractivity contribution is 0.141. The zero-order valence-electron chi connectivity index (χ0n) is 8.58. The quantitative estimate of drug-likeness (QED) is 0.872. The second-order valence-electron chi connectivity index (χ2n) is 3.55. The Labute approximate surface area is 97.7 Å². The molecule has 2 rings (SSSR count). The predicted molar refractivity (Wildman–Crippen MR) is 58.0 cm³/mol. The number of rotatable bonds is 2. The number of alkyl halides is 1. The molecule has 1 aliphatic rings. The fourth-order valence-corrected chi connectivity index (χ4v) is 1.81. The Morgan fingerprint density at radius 2 is 2.12 bits per heavy atom. The van der Waals surface area contributed by atoms with E-state index in [4.69, 9.17) is 21.1 Å². The summed E-state index contributed by atoms with van der Waals surface area (Å²) >= 11 is 5.98. The molecule has 3 nitrogen and oxygen atoms in total. The van der Waals surface area contributed by atoms with Crippen molar-refractivity contribution < 1.29 is 19.0 Å². The second kappa shape index (κ2) is 4.89. The van der Waals surface area contributed by atoms with E-state index in [2.05, 4.69) is 0 Å². The standard InChI is InChI=1S/C11H12ClFO3/c12-8-4-7(9(14)6-13)5-10-11(8)16-3-1-2-15-10/h4-5,9,14H,1-3,6H2. The third-order valence-corrected chi connectivity index (χ3v) is 2.64. The summed E-state index contributed by atoms with van der Waals surface area (Å²) < 4.78 is 23.2. The number of benzene rings is 1. The molecule has 0 aliphatic carbocycles. The Bertz CT molecular complexity index is 384. The minimum atomic E-state index is -1.17. The van der Waals surface area contributed by atoms with Gasteiger partial charge in [0.25, 0.3) is 0 Å². The highest BCUT2D eigenvalue weighted by Gasteiger charge is 2.18. The molecule has 1 N–H and O–H groups in total. The van der Waals surface area contributed by atoms with Crippen LogP contribution in [0.25, 0.3) is 0 Å². The van der Waals surface area contributed by atoms with E-state index in [1.807, 2.05) is 0 Å². The van der Waals surface area contributed by atoms with Gasteiger partial charge in [-0.25, -0.2) is 4.39 Å². The average Bonchev–Trinajstić information content (AvgIpc) is 2.53. The zero-order chi connectivity index (χ0) is 11.5. The molecule has 0 fully saturated rings. The third kappa shape index (κ3) is 2.23. The third-order valence-electron chi connectivity index (χ3n) is 2.36. The molecular formula is C11H12ClFO3. The topological polar surface area (TPSA) is 38.7 Å². The largest absolute Gasteiger partial charge is 0.489 e. The van der Waals surface area contributed by atoms with Crippen molar-refractivity contribution in [3.05, 3.63) is 22.7 Å². The molecule has 1 unspecified atom stereocenters. The van der Waals surface area contributed by atoms with Gasteiger partial charge in [0.1, 0.15) is 12.8 Å². The molecule has 0 saturated heterocycles. The first-order chi connectivity index (χ1) is 7.72. The van der Waals surface area contributed by atoms with Crippen molar-refractivity contribution in [2.24, 2.45) is 0 Å². The summed E-state index contributed by atoms with van der Waals surface area (Å²) in [6.45, 7) is 0.214. The zero-order valence-corrected chi connectivity index (χ0v) is 9.34. The number of aliphatic hydroxyl groups is 1. The lowest BCUT2D eigenvalue weighted by Crippen LogP contribution is -2.01. The van der Waals surface area contributed by atoms with Crippen LogP contribution in [0.1, 0.15) is 18.1 Å². The van der Waals surface area contributed by atoms with Crippen molar-refractivity contribution in [1.29, 1.82) is 0 Å². The predicted octanol–water partition coefficient (Wildman–Crippen LogP) is 2.50. The summed E-state index contributed by atoms with van der Waals surface area (Å²) in [5, 5.41) is 9.73. The summed E-state index contributed by atoms with van der Waals surface area (Å²) in [6.07, 6.45) is -0.402. The summed E-state index contributed by atoms with van der Waals surface area (Å²) in [6, 6.07) is 3.07. The molecule has 0 aromatic heterocycles. The van der Waals surface area contributed by atoms with Crippen molar-refractivity contribution in [3.8, 4) is 11.5 Å². The van der Waals surface area contributed by atoms with Gasteiger partial charge in [0, 0.05) is 6.42 Å². The van der Waals surface area contributed by atoms with Crippen LogP contribution in [-0.2, 0) is 0 Å². The number of halogens is 2. The molecule has 0 bridgehead atoms. The van der Waals surface area contributed by atoms with Gasteiger partial charge in [-0.3, -0.25) is 0 Å². The lowest BCUT2D eigenvalue weighted by atomic mass is 10.1. The normalized spacial score (nSPS) is 16.7. The van der Waals surface area contributed by atoms with Crippen LogP contribution in [0.2, 0.25) is 5.02 Å². The first-order valence-electron chi connectivity index (χ1n) is 5.05. The van der Waals surface area contributed by atoms with Gasteiger partial charge in [-0.15, -0.1) is 0 Å². The van der Waals surface area contributed by atoms with E-state index in [9.17, 15) is 9.50 Å². The van der Waals surface area contributed by atoms with Gasteiger partial charge in [-0.2, -0.15) is 0 Å². The molecule has 1 atom stereocenters. The van der Waals surface area contributed by atoms with Gasteiger partial charge >= 0.3 is 0 Å². The van der Waals surface area contributed by atoms with Crippen molar-refractivity contribution in [3.63, 3.8) is 0 Å². The average molecular weight is 247 g/mol. The molecule has 1 aromatic rings. The van der Waals surface area contributed by atoms with E-state index in [-0.39, 0.29) is 0 Å². The molecule has 1 heterocycles. The Kier molecular flexibility index (Phi) is 3.51. The van der Waals surface area contributed by atoms with E-state index in [0.29, 0.717) is 35.3 Å². The fourth-order valence-electron chi connectivity index (χ4n) is 1.53. The molecule has 16 heavy (non-hydrogen) atoms. The highest BCUT2D eigenvalue weighted by Crippen LogP contribution is 2.39. The van der Waals surface area contributed by atoms with Crippen LogP contribution in [0.15, 0.2) is 12.1 Å². The van der Waals surface area contributed by atoms with E-state index in [1.165, 1.54) is 6.07 Å². The number of hydrogen-bond acceptors (Lipinski definition) is 3. The molecule has 1 aromatic carbocycles. The Balaban J connectivity index is 2.39. The van der Waals surface area contributed by atoms with Crippen molar-refractivity contribution in [2.75, 3.05) is 19.9 Å². The van der Waals surface area contributed by atoms with Crippen molar-refractivity contribution >= 4 is 11.6 Å². The van der Waals surface area contributed by atoms with Crippen molar-refractivity contribution in [1.82, 2.24) is 0 Å². The van der Waals surface area contributed by atoms with Crippen LogP contribution < -0.4 is 9.47 Å². The molecule has 5 heteroatoms. The molecule has 0 spiro atoms. The van der Waals surface area contributed by atoms with Crippen LogP contribution in [0, 0.1) is 0 Å². The van der Waals surface area contributed by atoms with Crippen LogP contribution in [0.5, 0.6) is 11.5 Å². The number of aliphatic hydroxyl groups excluding tert-OH is 1. The SMILES string of the molecule is OC(CF)c1cc(Cl)c2c(c1)OCCCO2. The van der Waals surface area contributed by atoms with Gasteiger partial charge in [0.2, 0.25) is 0 Å². The number of fused-ring (bicyclic) bond motifs is 1. The van der Waals surface area contributed by atoms with Crippen LogP contribution in [0.4, 0.5) is 4.39 Å². The van der Waals surface area contributed by atoms with Gasteiger partial charge in [-0.1, -0.05) is 11.6 Å². The van der Waals surface area contributed by atoms with E-state index in [1.54, 1.807) is 6.07 Å². The van der Waals surface area contributed by atoms with Crippen LogP contribution in [-0.4, -0.2) is 25.0 Å². The maximum absolute atomic E-state index is 12.4. The highest BCUT2D eigenvalue weighted by atomic mass is 35.5. The first-order valence-corrected chi connectivity index (χ1v) is 5.43. The maximum atomic E-state index is 12.4. The van der Waals surface area contributed by atoms with Crippen molar-refractivity contribution in [2.45, 2.75) is 12.5 Å². The Morgan fingerprint density at radius 3 is 2.88 bits per heavy atom.